The molecule has 1 aromatic heterocycles. The van der Waals surface area contributed by atoms with Gasteiger partial charge in [-0.1, -0.05) is 11.6 Å². The molecule has 1 aliphatic rings. The molecule has 2 aromatic rings. The molecule has 0 atom stereocenters. The van der Waals surface area contributed by atoms with Crippen LogP contribution in [0, 0.1) is 0 Å². The molecule has 0 bridgehead atoms. The van der Waals surface area contributed by atoms with Crippen molar-refractivity contribution in [3.63, 3.8) is 0 Å². The molecule has 0 spiro atoms. The van der Waals surface area contributed by atoms with Crippen molar-refractivity contribution in [1.29, 1.82) is 0 Å². The molecule has 0 saturated heterocycles. The third kappa shape index (κ3) is 1.96. The molecule has 2 heterocycles. The summed E-state index contributed by atoms with van der Waals surface area (Å²) >= 11 is 6.09. The Balaban J connectivity index is 1.98. The van der Waals surface area contributed by atoms with E-state index in [-0.39, 0.29) is 0 Å². The average Bonchev–Trinajstić information content (AvgIpc) is 2.87. The molecule has 2 N–H and O–H groups in total. The zero-order valence-corrected chi connectivity index (χ0v) is 9.94. The molecule has 0 radical (unpaired) electrons. The van der Waals surface area contributed by atoms with Crippen LogP contribution in [0.25, 0.3) is 0 Å². The predicted octanol–water partition coefficient (Wildman–Crippen LogP) is 2.10. The monoisotopic (exact) mass is 249 g/mol. The van der Waals surface area contributed by atoms with Crippen LogP contribution in [0.3, 0.4) is 0 Å². The molecule has 17 heavy (non-hydrogen) atoms. The molecule has 1 aliphatic heterocycles. The maximum atomic E-state index is 6.09. The van der Waals surface area contributed by atoms with Crippen LogP contribution >= 0.6 is 11.6 Å². The van der Waals surface area contributed by atoms with Crippen LogP contribution in [0.1, 0.15) is 11.1 Å². The molecule has 0 saturated carbocycles. The van der Waals surface area contributed by atoms with Crippen molar-refractivity contribution in [2.24, 2.45) is 0 Å². The van der Waals surface area contributed by atoms with Gasteiger partial charge in [0.25, 0.3) is 0 Å². The molecular formula is C12H12ClN3O. The van der Waals surface area contributed by atoms with Gasteiger partial charge in [0, 0.05) is 23.2 Å². The van der Waals surface area contributed by atoms with Crippen LogP contribution in [0.5, 0.6) is 5.75 Å². The van der Waals surface area contributed by atoms with E-state index >= 15 is 0 Å². The third-order valence-electron chi connectivity index (χ3n) is 2.82. The van der Waals surface area contributed by atoms with Crippen molar-refractivity contribution in [2.45, 2.75) is 13.0 Å². The molecule has 0 fully saturated rings. The minimum absolute atomic E-state index is 0.518. The van der Waals surface area contributed by atoms with E-state index in [1.807, 2.05) is 18.3 Å². The normalized spacial score (nSPS) is 13.5. The Morgan fingerprint density at radius 1 is 1.47 bits per heavy atom. The molecule has 4 nitrogen and oxygen atoms in total. The fourth-order valence-electron chi connectivity index (χ4n) is 2.10. The van der Waals surface area contributed by atoms with Crippen LogP contribution in [0.15, 0.2) is 24.4 Å². The van der Waals surface area contributed by atoms with Crippen molar-refractivity contribution >= 4 is 17.4 Å². The van der Waals surface area contributed by atoms with Crippen molar-refractivity contribution in [2.75, 3.05) is 12.3 Å². The number of aromatic nitrogens is 2. The Morgan fingerprint density at radius 2 is 2.35 bits per heavy atom. The zero-order chi connectivity index (χ0) is 11.8. The second-order valence-corrected chi connectivity index (χ2v) is 4.53. The topological polar surface area (TPSA) is 53.1 Å². The number of nitrogens with zero attached hydrogens (tertiary/aromatic N) is 2. The van der Waals surface area contributed by atoms with E-state index in [1.165, 1.54) is 5.56 Å². The van der Waals surface area contributed by atoms with Gasteiger partial charge in [0.2, 0.25) is 0 Å². The van der Waals surface area contributed by atoms with Gasteiger partial charge in [-0.05, 0) is 23.8 Å². The van der Waals surface area contributed by atoms with E-state index in [2.05, 4.69) is 5.10 Å². The van der Waals surface area contributed by atoms with Crippen molar-refractivity contribution in [1.82, 2.24) is 9.78 Å². The van der Waals surface area contributed by atoms with E-state index in [1.54, 1.807) is 10.7 Å². The number of rotatable bonds is 2. The van der Waals surface area contributed by atoms with Gasteiger partial charge in [-0.3, -0.25) is 4.68 Å². The summed E-state index contributed by atoms with van der Waals surface area (Å²) in [6.45, 7) is 1.35. The molecule has 0 amide bonds. The Bertz CT molecular complexity index is 565. The van der Waals surface area contributed by atoms with Crippen molar-refractivity contribution in [3.8, 4) is 5.75 Å². The largest absolute Gasteiger partial charge is 0.493 e. The van der Waals surface area contributed by atoms with Crippen LogP contribution in [0.4, 0.5) is 5.82 Å². The first-order valence-electron chi connectivity index (χ1n) is 5.45. The second-order valence-electron chi connectivity index (χ2n) is 4.09. The van der Waals surface area contributed by atoms with E-state index in [9.17, 15) is 0 Å². The molecule has 1 aromatic carbocycles. The first-order chi connectivity index (χ1) is 8.22. The maximum absolute atomic E-state index is 6.09. The van der Waals surface area contributed by atoms with Gasteiger partial charge in [0.15, 0.2) is 0 Å². The maximum Gasteiger partial charge on any atom is 0.145 e. The van der Waals surface area contributed by atoms with Gasteiger partial charge < -0.3 is 10.5 Å². The van der Waals surface area contributed by atoms with Crippen molar-refractivity contribution in [3.05, 3.63) is 40.5 Å². The van der Waals surface area contributed by atoms with Gasteiger partial charge in [0.1, 0.15) is 11.6 Å². The number of nitrogen functional groups attached to an aromatic ring is 1. The average molecular weight is 250 g/mol. The van der Waals surface area contributed by atoms with Crippen LogP contribution in [-0.4, -0.2) is 16.4 Å². The first kappa shape index (κ1) is 10.5. The lowest BCUT2D eigenvalue weighted by Crippen LogP contribution is -2.03. The smallest absolute Gasteiger partial charge is 0.145 e. The molecule has 5 heteroatoms. The van der Waals surface area contributed by atoms with Gasteiger partial charge in [-0.15, -0.1) is 0 Å². The predicted molar refractivity (Wildman–Crippen MR) is 66.4 cm³/mol. The lowest BCUT2D eigenvalue weighted by Gasteiger charge is -2.09. The zero-order valence-electron chi connectivity index (χ0n) is 9.19. The number of nitrogens with two attached hydrogens (primary N) is 1. The molecule has 0 unspecified atom stereocenters. The fraction of sp³-hybridized carbons (Fsp3) is 0.250. The Labute approximate surface area is 104 Å². The lowest BCUT2D eigenvalue weighted by molar-refractivity contribution is 0.352. The number of ether oxygens (including phenoxy) is 1. The van der Waals surface area contributed by atoms with E-state index in [0.29, 0.717) is 12.4 Å². The highest BCUT2D eigenvalue weighted by Crippen LogP contribution is 2.33. The molecular weight excluding hydrogens is 238 g/mol. The quantitative estimate of drug-likeness (QED) is 0.887. The minimum Gasteiger partial charge on any atom is -0.493 e. The summed E-state index contributed by atoms with van der Waals surface area (Å²) in [6, 6.07) is 5.65. The summed E-state index contributed by atoms with van der Waals surface area (Å²) < 4.78 is 7.41. The fourth-order valence-corrected chi connectivity index (χ4v) is 2.37. The summed E-state index contributed by atoms with van der Waals surface area (Å²) in [4.78, 5) is 0. The Kier molecular flexibility index (Phi) is 2.44. The van der Waals surface area contributed by atoms with Gasteiger partial charge in [-0.2, -0.15) is 5.10 Å². The van der Waals surface area contributed by atoms with E-state index < -0.39 is 0 Å². The Hall–Kier alpha value is -1.68. The summed E-state index contributed by atoms with van der Waals surface area (Å²) in [5.74, 6) is 1.47. The second kappa shape index (κ2) is 3.96. The number of benzene rings is 1. The number of anilines is 1. The standard InChI is InChI=1S/C12H12ClN3O/c13-10-5-8-2-4-17-12(8)9(6-10)7-16-3-1-11(14)15-16/h1,3,5-6H,2,4,7H2,(H2,14,15). The summed E-state index contributed by atoms with van der Waals surface area (Å²) in [5, 5.41) is 4.90. The first-order valence-corrected chi connectivity index (χ1v) is 5.83. The highest BCUT2D eigenvalue weighted by Gasteiger charge is 2.17. The summed E-state index contributed by atoms with van der Waals surface area (Å²) in [6.07, 6.45) is 2.77. The number of hydrogen-bond acceptors (Lipinski definition) is 3. The van der Waals surface area contributed by atoms with Crippen LogP contribution in [-0.2, 0) is 13.0 Å². The van der Waals surface area contributed by atoms with Gasteiger partial charge in [-0.25, -0.2) is 0 Å². The molecule has 3 rings (SSSR count). The number of halogens is 1. The van der Waals surface area contributed by atoms with E-state index in [4.69, 9.17) is 22.1 Å². The van der Waals surface area contributed by atoms with Gasteiger partial charge in [0.05, 0.1) is 13.2 Å². The Morgan fingerprint density at radius 3 is 3.12 bits per heavy atom. The third-order valence-corrected chi connectivity index (χ3v) is 3.04. The highest BCUT2D eigenvalue weighted by molar-refractivity contribution is 6.30. The number of hydrogen-bond donors (Lipinski definition) is 1. The number of fused-ring (bicyclic) bond motifs is 1. The lowest BCUT2D eigenvalue weighted by atomic mass is 10.1. The van der Waals surface area contributed by atoms with E-state index in [0.717, 1.165) is 29.4 Å². The highest BCUT2D eigenvalue weighted by atomic mass is 35.5. The minimum atomic E-state index is 0.518. The van der Waals surface area contributed by atoms with Crippen LogP contribution < -0.4 is 10.5 Å². The SMILES string of the molecule is Nc1ccn(Cc2cc(Cl)cc3c2OCC3)n1. The van der Waals surface area contributed by atoms with Gasteiger partial charge >= 0.3 is 0 Å². The summed E-state index contributed by atoms with van der Waals surface area (Å²) in [7, 11) is 0. The molecule has 88 valence electrons. The molecule has 0 aliphatic carbocycles. The van der Waals surface area contributed by atoms with Crippen LogP contribution in [0.2, 0.25) is 5.02 Å². The van der Waals surface area contributed by atoms with Crippen molar-refractivity contribution < 1.29 is 4.74 Å². The summed E-state index contributed by atoms with van der Waals surface area (Å²) in [5.41, 5.74) is 7.81.